The number of ether oxygens (including phenoxy) is 1. The van der Waals surface area contributed by atoms with E-state index in [9.17, 15) is 4.79 Å². The van der Waals surface area contributed by atoms with Crippen LogP contribution < -0.4 is 4.74 Å². The molecule has 2 atom stereocenters. The highest BCUT2D eigenvalue weighted by Gasteiger charge is 2.34. The molecule has 0 N–H and O–H groups in total. The number of hydrogen-bond donors (Lipinski definition) is 0. The van der Waals surface area contributed by atoms with Crippen molar-refractivity contribution in [3.63, 3.8) is 0 Å². The molecule has 0 amide bonds. The molecule has 0 fully saturated rings. The highest BCUT2D eigenvalue weighted by atomic mass is 35.5. The molecule has 1 aliphatic rings. The second-order valence-electron chi connectivity index (χ2n) is 5.09. The lowest BCUT2D eigenvalue weighted by Gasteiger charge is -2.28. The minimum absolute atomic E-state index is 0.0412. The third-order valence-electron chi connectivity index (χ3n) is 3.66. The van der Waals surface area contributed by atoms with E-state index < -0.39 is 0 Å². The molecular weight excluding hydrogens is 272 g/mol. The zero-order valence-electron chi connectivity index (χ0n) is 11.2. The summed E-state index contributed by atoms with van der Waals surface area (Å²) >= 11 is 6.49. The number of ketones is 1. The molecule has 0 radical (unpaired) electrons. The van der Waals surface area contributed by atoms with Crippen LogP contribution in [0, 0.1) is 12.8 Å². The van der Waals surface area contributed by atoms with Crippen LogP contribution in [0.1, 0.15) is 26.9 Å². The second kappa shape index (κ2) is 5.29. The Balaban J connectivity index is 1.89. The van der Waals surface area contributed by atoms with E-state index in [0.29, 0.717) is 12.2 Å². The number of halogens is 1. The van der Waals surface area contributed by atoms with Gasteiger partial charge in [0.2, 0.25) is 0 Å². The molecule has 1 heterocycles. The third kappa shape index (κ3) is 2.32. The number of carbonyl (C=O) groups is 1. The Morgan fingerprint density at radius 1 is 1.15 bits per heavy atom. The predicted molar refractivity (Wildman–Crippen MR) is 79.5 cm³/mol. The van der Waals surface area contributed by atoms with Crippen LogP contribution in [0.2, 0.25) is 0 Å². The molecule has 2 unspecified atom stereocenters. The van der Waals surface area contributed by atoms with Gasteiger partial charge in [-0.05, 0) is 13.0 Å². The Labute approximate surface area is 123 Å². The van der Waals surface area contributed by atoms with Gasteiger partial charge in [-0.3, -0.25) is 4.79 Å². The molecule has 0 saturated heterocycles. The van der Waals surface area contributed by atoms with Gasteiger partial charge < -0.3 is 4.74 Å². The molecule has 2 aromatic carbocycles. The highest BCUT2D eigenvalue weighted by Crippen LogP contribution is 2.40. The van der Waals surface area contributed by atoms with Crippen molar-refractivity contribution in [1.29, 1.82) is 0 Å². The van der Waals surface area contributed by atoms with E-state index in [1.54, 1.807) is 0 Å². The Kier molecular flexibility index (Phi) is 3.49. The number of aryl methyl sites for hydroxylation is 1. The van der Waals surface area contributed by atoms with Crippen LogP contribution >= 0.6 is 11.6 Å². The molecule has 0 saturated carbocycles. The van der Waals surface area contributed by atoms with Crippen LogP contribution in [0.25, 0.3) is 0 Å². The molecule has 0 bridgehead atoms. The monoisotopic (exact) mass is 286 g/mol. The number of Topliss-reactive ketones (excluding diaryl/α,β-unsaturated/α-hetero) is 1. The number of alkyl halides is 1. The van der Waals surface area contributed by atoms with E-state index in [0.717, 1.165) is 16.9 Å². The van der Waals surface area contributed by atoms with E-state index in [-0.39, 0.29) is 17.1 Å². The second-order valence-corrected chi connectivity index (χ2v) is 5.56. The van der Waals surface area contributed by atoms with E-state index in [2.05, 4.69) is 0 Å². The van der Waals surface area contributed by atoms with E-state index >= 15 is 0 Å². The molecule has 2 aromatic rings. The van der Waals surface area contributed by atoms with Gasteiger partial charge in [-0.1, -0.05) is 48.0 Å². The first kappa shape index (κ1) is 13.2. The molecule has 0 aliphatic carbocycles. The maximum absolute atomic E-state index is 12.6. The summed E-state index contributed by atoms with van der Waals surface area (Å²) in [4.78, 5) is 12.6. The predicted octanol–water partition coefficient (Wildman–Crippen LogP) is 4.17. The quantitative estimate of drug-likeness (QED) is 0.612. The van der Waals surface area contributed by atoms with Crippen molar-refractivity contribution >= 4 is 17.4 Å². The number of rotatable bonds is 2. The zero-order valence-corrected chi connectivity index (χ0v) is 11.9. The molecule has 1 aliphatic heterocycles. The molecule has 102 valence electrons. The normalized spacial score (nSPS) is 20.9. The molecule has 0 spiro atoms. The van der Waals surface area contributed by atoms with Gasteiger partial charge in [-0.2, -0.15) is 0 Å². The van der Waals surface area contributed by atoms with Crippen molar-refractivity contribution in [2.75, 3.05) is 6.61 Å². The van der Waals surface area contributed by atoms with Crippen LogP contribution in [-0.4, -0.2) is 12.4 Å². The van der Waals surface area contributed by atoms with Crippen LogP contribution in [0.4, 0.5) is 0 Å². The number of carbonyl (C=O) groups excluding carboxylic acids is 1. The SMILES string of the molecule is Cc1ccc(C(=O)C2COc3ccccc3C2Cl)cc1. The summed E-state index contributed by atoms with van der Waals surface area (Å²) in [5.74, 6) is 0.481. The fourth-order valence-corrected chi connectivity index (χ4v) is 2.83. The first-order valence-electron chi connectivity index (χ1n) is 6.63. The Bertz CT molecular complexity index is 634. The minimum atomic E-state index is -0.339. The summed E-state index contributed by atoms with van der Waals surface area (Å²) in [6, 6.07) is 15.2. The van der Waals surface area contributed by atoms with Gasteiger partial charge in [0.25, 0.3) is 0 Å². The highest BCUT2D eigenvalue weighted by molar-refractivity contribution is 6.23. The summed E-state index contributed by atoms with van der Waals surface area (Å²) < 4.78 is 5.67. The van der Waals surface area contributed by atoms with Gasteiger partial charge in [0.05, 0.1) is 11.3 Å². The first-order valence-corrected chi connectivity index (χ1v) is 7.07. The van der Waals surface area contributed by atoms with Crippen molar-refractivity contribution < 1.29 is 9.53 Å². The third-order valence-corrected chi connectivity index (χ3v) is 4.20. The van der Waals surface area contributed by atoms with Gasteiger partial charge in [-0.25, -0.2) is 0 Å². The van der Waals surface area contributed by atoms with Gasteiger partial charge in [0, 0.05) is 11.1 Å². The standard InChI is InChI=1S/C17H15ClO2/c1-11-6-8-12(9-7-11)17(19)14-10-20-15-5-3-2-4-13(15)16(14)18/h2-9,14,16H,10H2,1H3. The lowest BCUT2D eigenvalue weighted by atomic mass is 9.89. The Morgan fingerprint density at radius 3 is 2.60 bits per heavy atom. The molecular formula is C17H15ClO2. The topological polar surface area (TPSA) is 26.3 Å². The minimum Gasteiger partial charge on any atom is -0.492 e. The molecule has 3 rings (SSSR count). The van der Waals surface area contributed by atoms with Crippen molar-refractivity contribution in [3.8, 4) is 5.75 Å². The van der Waals surface area contributed by atoms with E-state index in [1.165, 1.54) is 0 Å². The van der Waals surface area contributed by atoms with Crippen molar-refractivity contribution in [2.24, 2.45) is 5.92 Å². The lowest BCUT2D eigenvalue weighted by Crippen LogP contribution is -2.30. The van der Waals surface area contributed by atoms with Crippen LogP contribution in [0.15, 0.2) is 48.5 Å². The largest absolute Gasteiger partial charge is 0.492 e. The average Bonchev–Trinajstić information content (AvgIpc) is 2.48. The van der Waals surface area contributed by atoms with E-state index in [1.807, 2.05) is 55.5 Å². The van der Waals surface area contributed by atoms with Crippen molar-refractivity contribution in [3.05, 3.63) is 65.2 Å². The number of para-hydroxylation sites is 1. The maximum atomic E-state index is 12.6. The van der Waals surface area contributed by atoms with Crippen LogP contribution in [-0.2, 0) is 0 Å². The summed E-state index contributed by atoms with van der Waals surface area (Å²) in [6.07, 6.45) is 0. The van der Waals surface area contributed by atoms with Gasteiger partial charge >= 0.3 is 0 Å². The smallest absolute Gasteiger partial charge is 0.171 e. The number of benzene rings is 2. The van der Waals surface area contributed by atoms with Gasteiger partial charge in [0.1, 0.15) is 12.4 Å². The first-order chi connectivity index (χ1) is 9.66. The van der Waals surface area contributed by atoms with Crippen LogP contribution in [0.3, 0.4) is 0 Å². The lowest BCUT2D eigenvalue weighted by molar-refractivity contribution is 0.0849. The molecule has 0 aromatic heterocycles. The summed E-state index contributed by atoms with van der Waals surface area (Å²) in [5.41, 5.74) is 2.72. The van der Waals surface area contributed by atoms with Gasteiger partial charge in [-0.15, -0.1) is 11.6 Å². The summed E-state index contributed by atoms with van der Waals surface area (Å²) in [5, 5.41) is -0.339. The molecule has 3 heteroatoms. The number of hydrogen-bond acceptors (Lipinski definition) is 2. The van der Waals surface area contributed by atoms with E-state index in [4.69, 9.17) is 16.3 Å². The van der Waals surface area contributed by atoms with Gasteiger partial charge in [0.15, 0.2) is 5.78 Å². The summed E-state index contributed by atoms with van der Waals surface area (Å²) in [7, 11) is 0. The fraction of sp³-hybridized carbons (Fsp3) is 0.235. The molecule has 2 nitrogen and oxygen atoms in total. The molecule has 20 heavy (non-hydrogen) atoms. The van der Waals surface area contributed by atoms with Crippen molar-refractivity contribution in [1.82, 2.24) is 0 Å². The number of fused-ring (bicyclic) bond motifs is 1. The average molecular weight is 287 g/mol. The summed E-state index contributed by atoms with van der Waals surface area (Å²) in [6.45, 7) is 2.33. The Morgan fingerprint density at radius 2 is 1.85 bits per heavy atom. The van der Waals surface area contributed by atoms with Crippen LogP contribution in [0.5, 0.6) is 5.75 Å². The Hall–Kier alpha value is -1.80. The van der Waals surface area contributed by atoms with Crippen molar-refractivity contribution in [2.45, 2.75) is 12.3 Å². The fourth-order valence-electron chi connectivity index (χ4n) is 2.46. The maximum Gasteiger partial charge on any atom is 0.171 e. The zero-order chi connectivity index (χ0) is 14.1.